The van der Waals surface area contributed by atoms with Gasteiger partial charge < -0.3 is 25.1 Å². The highest BCUT2D eigenvalue weighted by molar-refractivity contribution is 5.83. The molecule has 1 aromatic heterocycles. The Morgan fingerprint density at radius 2 is 2.13 bits per heavy atom. The monoisotopic (exact) mass is 417 g/mol. The number of aromatic nitrogens is 1. The molecule has 2 unspecified atom stereocenters. The van der Waals surface area contributed by atoms with E-state index in [1.165, 1.54) is 17.7 Å². The van der Waals surface area contributed by atoms with E-state index in [1.807, 2.05) is 12.3 Å². The minimum absolute atomic E-state index is 0.221. The summed E-state index contributed by atoms with van der Waals surface area (Å²) in [5.41, 5.74) is 2.00. The van der Waals surface area contributed by atoms with Gasteiger partial charge in [-0.1, -0.05) is 0 Å². The summed E-state index contributed by atoms with van der Waals surface area (Å²) in [5, 5.41) is 7.99. The van der Waals surface area contributed by atoms with E-state index in [4.69, 9.17) is 9.47 Å². The van der Waals surface area contributed by atoms with E-state index in [2.05, 4.69) is 25.5 Å². The quantitative estimate of drug-likeness (QED) is 0.473. The predicted octanol–water partition coefficient (Wildman–Crippen LogP) is 1.75. The van der Waals surface area contributed by atoms with Crippen molar-refractivity contribution in [1.82, 2.24) is 20.5 Å². The largest absolute Gasteiger partial charge is 0.381 e. The number of H-pyrrole nitrogens is 1. The Morgan fingerprint density at radius 3 is 2.90 bits per heavy atom. The smallest absolute Gasteiger partial charge is 0.191 e. The van der Waals surface area contributed by atoms with E-state index < -0.39 is 0 Å². The van der Waals surface area contributed by atoms with Crippen LogP contribution in [0.2, 0.25) is 0 Å². The maximum atomic E-state index is 13.4. The topological polar surface area (TPSA) is 73.9 Å². The van der Waals surface area contributed by atoms with Crippen LogP contribution in [0.5, 0.6) is 0 Å². The van der Waals surface area contributed by atoms with Gasteiger partial charge in [0, 0.05) is 68.9 Å². The fourth-order valence-corrected chi connectivity index (χ4v) is 4.46. The number of guanidine groups is 1. The van der Waals surface area contributed by atoms with Gasteiger partial charge in [-0.15, -0.1) is 0 Å². The predicted molar refractivity (Wildman–Crippen MR) is 116 cm³/mol. The number of aliphatic imine (C=N–C) groups is 1. The van der Waals surface area contributed by atoms with Gasteiger partial charge in [0.25, 0.3) is 0 Å². The normalized spacial score (nSPS) is 21.8. The van der Waals surface area contributed by atoms with Crippen molar-refractivity contribution in [2.45, 2.75) is 18.9 Å². The van der Waals surface area contributed by atoms with E-state index in [0.29, 0.717) is 12.0 Å². The lowest BCUT2D eigenvalue weighted by Gasteiger charge is -2.37. The molecule has 2 fully saturated rings. The maximum absolute atomic E-state index is 13.4. The van der Waals surface area contributed by atoms with Crippen molar-refractivity contribution in [3.05, 3.63) is 35.8 Å². The summed E-state index contributed by atoms with van der Waals surface area (Å²) >= 11 is 0. The van der Waals surface area contributed by atoms with Crippen LogP contribution in [0.4, 0.5) is 4.39 Å². The molecule has 0 spiro atoms. The molecule has 0 bridgehead atoms. The summed E-state index contributed by atoms with van der Waals surface area (Å²) in [6.45, 7) is 6.80. The number of aromatic amines is 1. The second kappa shape index (κ2) is 10.2. The van der Waals surface area contributed by atoms with E-state index in [9.17, 15) is 4.39 Å². The molecule has 8 heteroatoms. The number of benzene rings is 1. The minimum atomic E-state index is -0.221. The number of nitrogens with zero attached hydrogens (tertiary/aromatic N) is 2. The number of nitrogens with one attached hydrogen (secondary N) is 3. The average molecular weight is 418 g/mol. The first-order valence-corrected chi connectivity index (χ1v) is 10.8. The Hall–Kier alpha value is -2.16. The minimum Gasteiger partial charge on any atom is -0.381 e. The fourth-order valence-electron chi connectivity index (χ4n) is 4.46. The van der Waals surface area contributed by atoms with Gasteiger partial charge >= 0.3 is 0 Å². The lowest BCUT2D eigenvalue weighted by Crippen LogP contribution is -2.53. The standard InChI is InChI=1S/C22H32FN5O2/c1-24-22(25-6-4-16-13-26-20-12-18(23)2-3-19(16)20)27-14-21(17-5-9-30-15-17)28-7-10-29-11-8-28/h2-3,12-13,17,21,26H,4-11,14-15H2,1H3,(H2,24,25,27). The number of rotatable bonds is 7. The second-order valence-electron chi connectivity index (χ2n) is 7.97. The molecule has 0 saturated carbocycles. The number of halogens is 1. The number of hydrogen-bond acceptors (Lipinski definition) is 4. The van der Waals surface area contributed by atoms with Crippen LogP contribution >= 0.6 is 0 Å². The van der Waals surface area contributed by atoms with Crippen LogP contribution in [0, 0.1) is 11.7 Å². The van der Waals surface area contributed by atoms with Crippen molar-refractivity contribution in [1.29, 1.82) is 0 Å². The summed E-state index contributed by atoms with van der Waals surface area (Å²) in [4.78, 5) is 10.1. The van der Waals surface area contributed by atoms with Gasteiger partial charge in [0.1, 0.15) is 5.82 Å². The fraction of sp³-hybridized carbons (Fsp3) is 0.591. The number of hydrogen-bond donors (Lipinski definition) is 3. The number of morpholine rings is 1. The molecule has 7 nitrogen and oxygen atoms in total. The summed E-state index contributed by atoms with van der Waals surface area (Å²) in [5.74, 6) is 1.12. The van der Waals surface area contributed by atoms with Gasteiger partial charge in [-0.3, -0.25) is 9.89 Å². The van der Waals surface area contributed by atoms with Gasteiger partial charge in [-0.25, -0.2) is 4.39 Å². The van der Waals surface area contributed by atoms with Gasteiger partial charge in [0.15, 0.2) is 5.96 Å². The van der Waals surface area contributed by atoms with Gasteiger partial charge in [0.05, 0.1) is 19.8 Å². The molecule has 2 aliphatic heterocycles. The van der Waals surface area contributed by atoms with E-state index in [-0.39, 0.29) is 5.82 Å². The van der Waals surface area contributed by atoms with Crippen molar-refractivity contribution in [2.75, 3.05) is 59.7 Å². The first-order valence-electron chi connectivity index (χ1n) is 10.8. The lowest BCUT2D eigenvalue weighted by molar-refractivity contribution is 0.00247. The molecule has 0 amide bonds. The SMILES string of the molecule is CN=C(NCCc1c[nH]c2cc(F)ccc12)NCC(C1CCOC1)N1CCOCC1. The molecule has 0 radical (unpaired) electrons. The molecule has 30 heavy (non-hydrogen) atoms. The highest BCUT2D eigenvalue weighted by atomic mass is 19.1. The van der Waals surface area contributed by atoms with Crippen LogP contribution in [-0.4, -0.2) is 81.5 Å². The number of fused-ring (bicyclic) bond motifs is 1. The Labute approximate surface area is 177 Å². The second-order valence-corrected chi connectivity index (χ2v) is 7.97. The summed E-state index contributed by atoms with van der Waals surface area (Å²) < 4.78 is 24.6. The zero-order chi connectivity index (χ0) is 20.8. The molecule has 0 aliphatic carbocycles. The molecule has 3 N–H and O–H groups in total. The maximum Gasteiger partial charge on any atom is 0.191 e. The van der Waals surface area contributed by atoms with Crippen molar-refractivity contribution in [3.8, 4) is 0 Å². The third-order valence-electron chi connectivity index (χ3n) is 6.14. The molecule has 2 saturated heterocycles. The lowest BCUT2D eigenvalue weighted by atomic mass is 9.97. The summed E-state index contributed by atoms with van der Waals surface area (Å²) in [7, 11) is 1.80. The van der Waals surface area contributed by atoms with Crippen LogP contribution < -0.4 is 10.6 Å². The molecule has 2 aliphatic rings. The van der Waals surface area contributed by atoms with Crippen molar-refractivity contribution < 1.29 is 13.9 Å². The van der Waals surface area contributed by atoms with Gasteiger partial charge in [-0.2, -0.15) is 0 Å². The van der Waals surface area contributed by atoms with Crippen LogP contribution in [0.25, 0.3) is 10.9 Å². The third-order valence-corrected chi connectivity index (χ3v) is 6.14. The molecule has 4 rings (SSSR count). The summed E-state index contributed by atoms with van der Waals surface area (Å²) in [6, 6.07) is 5.29. The molecule has 2 aromatic rings. The van der Waals surface area contributed by atoms with Crippen LogP contribution in [0.1, 0.15) is 12.0 Å². The Bertz CT molecular complexity index is 843. The van der Waals surface area contributed by atoms with Crippen molar-refractivity contribution >= 4 is 16.9 Å². The zero-order valence-corrected chi connectivity index (χ0v) is 17.6. The molecule has 164 valence electrons. The first-order chi connectivity index (χ1) is 14.7. The average Bonchev–Trinajstić information content (AvgIpc) is 3.43. The Balaban J connectivity index is 1.29. The molecule has 3 heterocycles. The molecule has 2 atom stereocenters. The van der Waals surface area contributed by atoms with Crippen LogP contribution in [0.3, 0.4) is 0 Å². The van der Waals surface area contributed by atoms with E-state index in [1.54, 1.807) is 7.05 Å². The highest BCUT2D eigenvalue weighted by Gasteiger charge is 2.31. The molecular formula is C22H32FN5O2. The first kappa shape index (κ1) is 21.1. The van der Waals surface area contributed by atoms with E-state index in [0.717, 1.165) is 82.3 Å². The zero-order valence-electron chi connectivity index (χ0n) is 17.6. The molecular weight excluding hydrogens is 385 g/mol. The Kier molecular flexibility index (Phi) is 7.20. The summed E-state index contributed by atoms with van der Waals surface area (Å²) in [6.07, 6.45) is 3.89. The van der Waals surface area contributed by atoms with Crippen molar-refractivity contribution in [3.63, 3.8) is 0 Å². The van der Waals surface area contributed by atoms with Crippen molar-refractivity contribution in [2.24, 2.45) is 10.9 Å². The van der Waals surface area contributed by atoms with Gasteiger partial charge in [-0.05, 0) is 36.6 Å². The highest BCUT2D eigenvalue weighted by Crippen LogP contribution is 2.22. The Morgan fingerprint density at radius 1 is 1.27 bits per heavy atom. The van der Waals surface area contributed by atoms with Gasteiger partial charge in [0.2, 0.25) is 0 Å². The van der Waals surface area contributed by atoms with E-state index >= 15 is 0 Å². The van der Waals surface area contributed by atoms with Crippen LogP contribution in [-0.2, 0) is 15.9 Å². The third kappa shape index (κ3) is 5.11. The molecule has 1 aromatic carbocycles. The van der Waals surface area contributed by atoms with Crippen LogP contribution in [0.15, 0.2) is 29.4 Å². The number of ether oxygens (including phenoxy) is 2.